The van der Waals surface area contributed by atoms with Gasteiger partial charge in [0.15, 0.2) is 0 Å². The molecule has 0 saturated carbocycles. The second-order valence-electron chi connectivity index (χ2n) is 3.73. The Balaban J connectivity index is 2.91. The third kappa shape index (κ3) is 2.69. The van der Waals surface area contributed by atoms with Gasteiger partial charge in [-0.25, -0.2) is 4.98 Å². The predicted molar refractivity (Wildman–Crippen MR) is 61.7 cm³/mol. The lowest BCUT2D eigenvalue weighted by molar-refractivity contribution is 0.611. The van der Waals surface area contributed by atoms with E-state index in [1.165, 1.54) is 0 Å². The van der Waals surface area contributed by atoms with Crippen molar-refractivity contribution in [2.45, 2.75) is 32.7 Å². The van der Waals surface area contributed by atoms with Gasteiger partial charge < -0.3 is 4.90 Å². The number of hydrogen-bond acceptors (Lipinski definition) is 3. The van der Waals surface area contributed by atoms with Crippen LogP contribution in [0.2, 0.25) is 0 Å². The van der Waals surface area contributed by atoms with E-state index in [0.29, 0.717) is 11.6 Å². The normalized spacial score (nSPS) is 11.9. The quantitative estimate of drug-likeness (QED) is 0.755. The molecular formula is C12H17N3. The van der Waals surface area contributed by atoms with Gasteiger partial charge in [0.2, 0.25) is 0 Å². The molecule has 15 heavy (non-hydrogen) atoms. The number of nitriles is 1. The molecule has 80 valence electrons. The van der Waals surface area contributed by atoms with Crippen molar-refractivity contribution in [3.63, 3.8) is 0 Å². The SMILES string of the molecule is CCCC(C)N(C)c1ncccc1C#N. The van der Waals surface area contributed by atoms with Crippen LogP contribution in [-0.2, 0) is 0 Å². The van der Waals surface area contributed by atoms with Gasteiger partial charge in [-0.05, 0) is 25.5 Å². The summed E-state index contributed by atoms with van der Waals surface area (Å²) in [5, 5.41) is 8.96. The Morgan fingerprint density at radius 1 is 1.60 bits per heavy atom. The maximum atomic E-state index is 8.96. The van der Waals surface area contributed by atoms with E-state index in [9.17, 15) is 0 Å². The number of nitrogens with zero attached hydrogens (tertiary/aromatic N) is 3. The highest BCUT2D eigenvalue weighted by atomic mass is 15.2. The fourth-order valence-electron chi connectivity index (χ4n) is 1.59. The summed E-state index contributed by atoms with van der Waals surface area (Å²) in [5.41, 5.74) is 0.642. The number of hydrogen-bond donors (Lipinski definition) is 0. The Kier molecular flexibility index (Phi) is 4.11. The van der Waals surface area contributed by atoms with Crippen LogP contribution in [0, 0.1) is 11.3 Å². The smallest absolute Gasteiger partial charge is 0.146 e. The summed E-state index contributed by atoms with van der Waals surface area (Å²) < 4.78 is 0. The highest BCUT2D eigenvalue weighted by Gasteiger charge is 2.13. The topological polar surface area (TPSA) is 39.9 Å². The molecule has 0 aliphatic carbocycles. The zero-order chi connectivity index (χ0) is 11.3. The molecule has 0 radical (unpaired) electrons. The maximum Gasteiger partial charge on any atom is 0.146 e. The summed E-state index contributed by atoms with van der Waals surface area (Å²) in [5.74, 6) is 0.779. The van der Waals surface area contributed by atoms with Gasteiger partial charge in [0.05, 0.1) is 5.56 Å². The fraction of sp³-hybridized carbons (Fsp3) is 0.500. The summed E-state index contributed by atoms with van der Waals surface area (Å²) in [6.45, 7) is 4.31. The summed E-state index contributed by atoms with van der Waals surface area (Å²) >= 11 is 0. The summed E-state index contributed by atoms with van der Waals surface area (Å²) in [7, 11) is 1.99. The van der Waals surface area contributed by atoms with E-state index in [2.05, 4.69) is 29.8 Å². The van der Waals surface area contributed by atoms with Crippen LogP contribution in [0.4, 0.5) is 5.82 Å². The Labute approximate surface area is 91.4 Å². The van der Waals surface area contributed by atoms with Gasteiger partial charge in [-0.15, -0.1) is 0 Å². The summed E-state index contributed by atoms with van der Waals surface area (Å²) in [6, 6.07) is 6.18. The van der Waals surface area contributed by atoms with Crippen molar-refractivity contribution >= 4 is 5.82 Å². The van der Waals surface area contributed by atoms with Crippen LogP contribution in [0.25, 0.3) is 0 Å². The van der Waals surface area contributed by atoms with Crippen LogP contribution in [0.5, 0.6) is 0 Å². The van der Waals surface area contributed by atoms with Gasteiger partial charge in [-0.1, -0.05) is 13.3 Å². The molecule has 3 heteroatoms. The molecule has 0 aromatic carbocycles. The Hall–Kier alpha value is -1.56. The summed E-state index contributed by atoms with van der Waals surface area (Å²) in [6.07, 6.45) is 3.98. The first-order valence-corrected chi connectivity index (χ1v) is 5.28. The van der Waals surface area contributed by atoms with Crippen LogP contribution in [0.3, 0.4) is 0 Å². The third-order valence-corrected chi connectivity index (χ3v) is 2.61. The molecule has 1 aromatic rings. The second-order valence-corrected chi connectivity index (χ2v) is 3.73. The van der Waals surface area contributed by atoms with Crippen molar-refractivity contribution in [1.29, 1.82) is 5.26 Å². The van der Waals surface area contributed by atoms with E-state index in [0.717, 1.165) is 18.7 Å². The predicted octanol–water partition coefficient (Wildman–Crippen LogP) is 2.58. The average molecular weight is 203 g/mol. The molecule has 1 rings (SSSR count). The largest absolute Gasteiger partial charge is 0.356 e. The maximum absolute atomic E-state index is 8.96. The number of anilines is 1. The van der Waals surface area contributed by atoms with Crippen molar-refractivity contribution in [2.75, 3.05) is 11.9 Å². The van der Waals surface area contributed by atoms with Crippen molar-refractivity contribution in [3.05, 3.63) is 23.9 Å². The van der Waals surface area contributed by atoms with E-state index in [1.807, 2.05) is 7.05 Å². The fourth-order valence-corrected chi connectivity index (χ4v) is 1.59. The first-order chi connectivity index (χ1) is 7.20. The van der Waals surface area contributed by atoms with Crippen molar-refractivity contribution in [3.8, 4) is 6.07 Å². The van der Waals surface area contributed by atoms with Gasteiger partial charge in [-0.3, -0.25) is 0 Å². The van der Waals surface area contributed by atoms with E-state index in [-0.39, 0.29) is 0 Å². The highest BCUT2D eigenvalue weighted by Crippen LogP contribution is 2.18. The molecule has 0 amide bonds. The van der Waals surface area contributed by atoms with E-state index in [1.54, 1.807) is 18.3 Å². The minimum atomic E-state index is 0.414. The molecule has 1 aromatic heterocycles. The van der Waals surface area contributed by atoms with Crippen LogP contribution >= 0.6 is 0 Å². The first-order valence-electron chi connectivity index (χ1n) is 5.28. The molecule has 0 fully saturated rings. The molecule has 1 heterocycles. The first kappa shape index (κ1) is 11.5. The monoisotopic (exact) mass is 203 g/mol. The van der Waals surface area contributed by atoms with Crippen molar-refractivity contribution in [2.24, 2.45) is 0 Å². The number of rotatable bonds is 4. The molecule has 0 spiro atoms. The zero-order valence-corrected chi connectivity index (χ0v) is 9.57. The minimum absolute atomic E-state index is 0.414. The Morgan fingerprint density at radius 2 is 2.33 bits per heavy atom. The molecular weight excluding hydrogens is 186 g/mol. The lowest BCUT2D eigenvalue weighted by Crippen LogP contribution is -2.30. The molecule has 0 bridgehead atoms. The Bertz CT molecular complexity index is 354. The molecule has 0 aliphatic rings. The van der Waals surface area contributed by atoms with Crippen LogP contribution in [-0.4, -0.2) is 18.1 Å². The van der Waals surface area contributed by atoms with E-state index < -0.39 is 0 Å². The lowest BCUT2D eigenvalue weighted by atomic mass is 10.1. The van der Waals surface area contributed by atoms with Crippen LogP contribution < -0.4 is 4.90 Å². The molecule has 1 unspecified atom stereocenters. The van der Waals surface area contributed by atoms with Crippen LogP contribution in [0.1, 0.15) is 32.3 Å². The van der Waals surface area contributed by atoms with Gasteiger partial charge in [0.25, 0.3) is 0 Å². The molecule has 1 atom stereocenters. The second kappa shape index (κ2) is 5.35. The molecule has 0 aliphatic heterocycles. The van der Waals surface area contributed by atoms with E-state index in [4.69, 9.17) is 5.26 Å². The zero-order valence-electron chi connectivity index (χ0n) is 9.57. The van der Waals surface area contributed by atoms with Crippen molar-refractivity contribution in [1.82, 2.24) is 4.98 Å². The molecule has 3 nitrogen and oxygen atoms in total. The molecule has 0 N–H and O–H groups in total. The molecule has 0 saturated heterocycles. The lowest BCUT2D eigenvalue weighted by Gasteiger charge is -2.26. The van der Waals surface area contributed by atoms with Gasteiger partial charge >= 0.3 is 0 Å². The standard InChI is InChI=1S/C12H17N3/c1-4-6-10(2)15(3)12-11(9-13)7-5-8-14-12/h5,7-8,10H,4,6H2,1-3H3. The third-order valence-electron chi connectivity index (χ3n) is 2.61. The summed E-state index contributed by atoms with van der Waals surface area (Å²) in [4.78, 5) is 6.33. The number of pyridine rings is 1. The van der Waals surface area contributed by atoms with Gasteiger partial charge in [0.1, 0.15) is 11.9 Å². The minimum Gasteiger partial charge on any atom is -0.356 e. The Morgan fingerprint density at radius 3 is 2.93 bits per heavy atom. The number of aromatic nitrogens is 1. The van der Waals surface area contributed by atoms with E-state index >= 15 is 0 Å². The van der Waals surface area contributed by atoms with Crippen LogP contribution in [0.15, 0.2) is 18.3 Å². The average Bonchev–Trinajstić information content (AvgIpc) is 2.28. The van der Waals surface area contributed by atoms with Crippen molar-refractivity contribution < 1.29 is 0 Å². The highest BCUT2D eigenvalue weighted by molar-refractivity contribution is 5.53. The van der Waals surface area contributed by atoms with Gasteiger partial charge in [0, 0.05) is 19.3 Å². The van der Waals surface area contributed by atoms with Gasteiger partial charge in [-0.2, -0.15) is 5.26 Å².